The predicted octanol–water partition coefficient (Wildman–Crippen LogP) is 2.18. The summed E-state index contributed by atoms with van der Waals surface area (Å²) in [5, 5.41) is 8.72. The number of para-hydroxylation sites is 1. The molecule has 168 valence electrons. The number of carbonyl (C=O) groups excluding carboxylic acids is 3. The number of rotatable bonds is 5. The number of piperazine rings is 1. The molecule has 8 nitrogen and oxygen atoms in total. The zero-order chi connectivity index (χ0) is 22.3. The van der Waals surface area contributed by atoms with Crippen molar-refractivity contribution in [3.8, 4) is 0 Å². The lowest BCUT2D eigenvalue weighted by atomic mass is 9.97. The Hall–Kier alpha value is -3.55. The molecule has 0 aromatic heterocycles. The Morgan fingerprint density at radius 2 is 1.81 bits per heavy atom. The molecule has 2 fully saturated rings. The van der Waals surface area contributed by atoms with Crippen LogP contribution in [0, 0.1) is 5.92 Å². The number of benzene rings is 2. The summed E-state index contributed by atoms with van der Waals surface area (Å²) in [4.78, 5) is 40.6. The normalized spacial score (nSPS) is 18.6. The lowest BCUT2D eigenvalue weighted by Crippen LogP contribution is -2.47. The molecule has 0 bridgehead atoms. The van der Waals surface area contributed by atoms with Crippen molar-refractivity contribution < 1.29 is 14.4 Å². The van der Waals surface area contributed by atoms with Crippen LogP contribution in [0.1, 0.15) is 18.4 Å². The Morgan fingerprint density at radius 1 is 1.03 bits per heavy atom. The third-order valence-electron chi connectivity index (χ3n) is 5.91. The monoisotopic (exact) mass is 435 g/mol. The Labute approximate surface area is 188 Å². The SMILES string of the molecule is O=C1CN(c2ccc(CNC(=O)C3CCCN(C(=O)Nc4ccccc4)C3)cc2)CCN1. The van der Waals surface area contributed by atoms with E-state index in [2.05, 4.69) is 16.0 Å². The van der Waals surface area contributed by atoms with E-state index in [-0.39, 0.29) is 23.8 Å². The quantitative estimate of drug-likeness (QED) is 0.671. The summed E-state index contributed by atoms with van der Waals surface area (Å²) in [6.07, 6.45) is 1.58. The number of hydrogen-bond acceptors (Lipinski definition) is 4. The number of likely N-dealkylation sites (tertiary alicyclic amines) is 1. The van der Waals surface area contributed by atoms with Gasteiger partial charge in [-0.1, -0.05) is 30.3 Å². The lowest BCUT2D eigenvalue weighted by molar-refractivity contribution is -0.126. The van der Waals surface area contributed by atoms with E-state index in [1.807, 2.05) is 59.5 Å². The molecule has 0 spiro atoms. The standard InChI is InChI=1S/C24H29N5O3/c30-22-17-28(14-12-25-22)21-10-8-18(9-11-21)15-26-23(31)19-5-4-13-29(16-19)24(32)27-20-6-2-1-3-7-20/h1-3,6-11,19H,4-5,12-17H2,(H,25,30)(H,26,31)(H,27,32). The number of nitrogens with zero attached hydrogens (tertiary/aromatic N) is 2. The van der Waals surface area contributed by atoms with Gasteiger partial charge in [0.15, 0.2) is 0 Å². The topological polar surface area (TPSA) is 93.8 Å². The Morgan fingerprint density at radius 3 is 2.56 bits per heavy atom. The van der Waals surface area contributed by atoms with Crippen molar-refractivity contribution in [2.45, 2.75) is 19.4 Å². The smallest absolute Gasteiger partial charge is 0.321 e. The van der Waals surface area contributed by atoms with Crippen molar-refractivity contribution in [2.24, 2.45) is 5.92 Å². The number of carbonyl (C=O) groups is 3. The van der Waals surface area contributed by atoms with Crippen LogP contribution in [-0.2, 0) is 16.1 Å². The molecule has 3 N–H and O–H groups in total. The van der Waals surface area contributed by atoms with Crippen molar-refractivity contribution in [3.63, 3.8) is 0 Å². The molecule has 4 amide bonds. The fourth-order valence-corrected chi connectivity index (χ4v) is 4.12. The molecular formula is C24H29N5O3. The van der Waals surface area contributed by atoms with Crippen LogP contribution in [0.4, 0.5) is 16.2 Å². The van der Waals surface area contributed by atoms with E-state index >= 15 is 0 Å². The van der Waals surface area contributed by atoms with Gasteiger partial charge in [0.25, 0.3) is 0 Å². The molecule has 2 aliphatic heterocycles. The highest BCUT2D eigenvalue weighted by Crippen LogP contribution is 2.19. The van der Waals surface area contributed by atoms with Crippen LogP contribution in [0.15, 0.2) is 54.6 Å². The summed E-state index contributed by atoms with van der Waals surface area (Å²) >= 11 is 0. The van der Waals surface area contributed by atoms with Crippen molar-refractivity contribution in [1.82, 2.24) is 15.5 Å². The minimum absolute atomic E-state index is 0.0287. The summed E-state index contributed by atoms with van der Waals surface area (Å²) in [7, 11) is 0. The fourth-order valence-electron chi connectivity index (χ4n) is 4.12. The van der Waals surface area contributed by atoms with E-state index in [0.717, 1.165) is 36.3 Å². The van der Waals surface area contributed by atoms with Crippen LogP contribution < -0.4 is 20.9 Å². The van der Waals surface area contributed by atoms with Crippen LogP contribution in [0.5, 0.6) is 0 Å². The van der Waals surface area contributed by atoms with Crippen LogP contribution in [0.25, 0.3) is 0 Å². The first kappa shape index (κ1) is 21.7. The highest BCUT2D eigenvalue weighted by atomic mass is 16.2. The second-order valence-electron chi connectivity index (χ2n) is 8.24. The largest absolute Gasteiger partial charge is 0.360 e. The molecule has 0 aliphatic carbocycles. The van der Waals surface area contributed by atoms with Crippen LogP contribution in [0.2, 0.25) is 0 Å². The lowest BCUT2D eigenvalue weighted by Gasteiger charge is -2.32. The number of nitrogens with one attached hydrogen (secondary N) is 3. The second kappa shape index (κ2) is 10.2. The zero-order valence-electron chi connectivity index (χ0n) is 18.0. The van der Waals surface area contributed by atoms with Gasteiger partial charge < -0.3 is 25.8 Å². The first-order chi connectivity index (χ1) is 15.6. The van der Waals surface area contributed by atoms with Gasteiger partial charge in [-0.3, -0.25) is 9.59 Å². The van der Waals surface area contributed by atoms with Crippen molar-refractivity contribution in [3.05, 3.63) is 60.2 Å². The van der Waals surface area contributed by atoms with E-state index in [1.54, 1.807) is 4.90 Å². The molecule has 2 aromatic carbocycles. The third-order valence-corrected chi connectivity index (χ3v) is 5.91. The van der Waals surface area contributed by atoms with Gasteiger partial charge in [-0.05, 0) is 42.7 Å². The molecule has 2 aliphatic rings. The highest BCUT2D eigenvalue weighted by molar-refractivity contribution is 5.90. The molecule has 2 aromatic rings. The molecular weight excluding hydrogens is 406 g/mol. The summed E-state index contributed by atoms with van der Waals surface area (Å²) in [6, 6.07) is 17.1. The van der Waals surface area contributed by atoms with E-state index in [9.17, 15) is 14.4 Å². The first-order valence-electron chi connectivity index (χ1n) is 11.1. The first-order valence-corrected chi connectivity index (χ1v) is 11.1. The third kappa shape index (κ3) is 5.57. The average molecular weight is 436 g/mol. The van der Waals surface area contributed by atoms with Gasteiger partial charge in [0.2, 0.25) is 11.8 Å². The number of piperidine rings is 1. The summed E-state index contributed by atoms with van der Waals surface area (Å²) in [6.45, 7) is 3.31. The van der Waals surface area contributed by atoms with Crippen LogP contribution >= 0.6 is 0 Å². The minimum atomic E-state index is -0.212. The summed E-state index contributed by atoms with van der Waals surface area (Å²) in [5.41, 5.74) is 2.75. The predicted molar refractivity (Wildman–Crippen MR) is 123 cm³/mol. The number of urea groups is 1. The maximum absolute atomic E-state index is 12.7. The van der Waals surface area contributed by atoms with E-state index < -0.39 is 0 Å². The van der Waals surface area contributed by atoms with Crippen molar-refractivity contribution in [2.75, 3.05) is 42.9 Å². The maximum atomic E-state index is 12.7. The molecule has 2 saturated heterocycles. The fraction of sp³-hybridized carbons (Fsp3) is 0.375. The highest BCUT2D eigenvalue weighted by Gasteiger charge is 2.28. The molecule has 1 unspecified atom stereocenters. The van der Waals surface area contributed by atoms with Crippen LogP contribution in [0.3, 0.4) is 0 Å². The van der Waals surface area contributed by atoms with Crippen molar-refractivity contribution >= 4 is 29.2 Å². The Bertz CT molecular complexity index is 948. The molecule has 8 heteroatoms. The van der Waals surface area contributed by atoms with E-state index in [1.165, 1.54) is 0 Å². The molecule has 32 heavy (non-hydrogen) atoms. The van der Waals surface area contributed by atoms with Gasteiger partial charge in [-0.15, -0.1) is 0 Å². The minimum Gasteiger partial charge on any atom is -0.360 e. The Kier molecular flexibility index (Phi) is 6.89. The molecule has 4 rings (SSSR count). The average Bonchev–Trinajstić information content (AvgIpc) is 2.83. The van der Waals surface area contributed by atoms with Gasteiger partial charge in [-0.2, -0.15) is 0 Å². The van der Waals surface area contributed by atoms with E-state index in [0.29, 0.717) is 32.7 Å². The second-order valence-corrected chi connectivity index (χ2v) is 8.24. The molecule has 2 heterocycles. The van der Waals surface area contributed by atoms with E-state index in [4.69, 9.17) is 0 Å². The van der Waals surface area contributed by atoms with Gasteiger partial charge >= 0.3 is 6.03 Å². The molecule has 1 atom stereocenters. The Balaban J connectivity index is 1.26. The summed E-state index contributed by atoms with van der Waals surface area (Å²) in [5.74, 6) is -0.207. The number of amides is 4. The van der Waals surface area contributed by atoms with Crippen molar-refractivity contribution in [1.29, 1.82) is 0 Å². The summed E-state index contributed by atoms with van der Waals surface area (Å²) < 4.78 is 0. The van der Waals surface area contributed by atoms with Crippen LogP contribution in [-0.4, -0.2) is 55.5 Å². The van der Waals surface area contributed by atoms with Gasteiger partial charge in [0.1, 0.15) is 0 Å². The number of anilines is 2. The van der Waals surface area contributed by atoms with Gasteiger partial charge in [-0.25, -0.2) is 4.79 Å². The number of hydrogen-bond donors (Lipinski definition) is 3. The molecule has 0 radical (unpaired) electrons. The van der Waals surface area contributed by atoms with Gasteiger partial charge in [0, 0.05) is 44.1 Å². The molecule has 0 saturated carbocycles. The van der Waals surface area contributed by atoms with Gasteiger partial charge in [0.05, 0.1) is 12.5 Å². The zero-order valence-corrected chi connectivity index (χ0v) is 18.0. The maximum Gasteiger partial charge on any atom is 0.321 e.